The molecule has 0 aliphatic carbocycles. The number of aliphatic hydroxyl groups is 2. The quantitative estimate of drug-likeness (QED) is 0.0203. The Morgan fingerprint density at radius 2 is 0.753 bits per heavy atom. The second kappa shape index (κ2) is 29.4. The molecule has 0 saturated heterocycles. The Kier molecular flexibility index (Phi) is 26.4. The lowest BCUT2D eigenvalue weighted by Gasteiger charge is -2.40. The normalized spacial score (nSPS) is 15.4. The summed E-state index contributed by atoms with van der Waals surface area (Å²) in [5.74, 6) is -29.5. The van der Waals surface area contributed by atoms with Crippen LogP contribution in [-0.4, -0.2) is 84.1 Å². The van der Waals surface area contributed by atoms with E-state index >= 15 is 4.79 Å². The number of carbonyl (C=O) groups excluding carboxylic acids is 2. The van der Waals surface area contributed by atoms with Crippen molar-refractivity contribution in [2.24, 2.45) is 5.41 Å². The highest BCUT2D eigenvalue weighted by Crippen LogP contribution is 2.56. The van der Waals surface area contributed by atoms with Gasteiger partial charge in [-0.05, 0) is 84.9 Å². The first-order valence-electron chi connectivity index (χ1n) is 25.4. The molecule has 0 spiro atoms. The van der Waals surface area contributed by atoms with Gasteiger partial charge in [0.05, 0.1) is 12.7 Å². The van der Waals surface area contributed by atoms with Crippen molar-refractivity contribution in [2.45, 2.75) is 215 Å². The molecule has 0 fully saturated rings. The van der Waals surface area contributed by atoms with E-state index in [0.717, 1.165) is 44.9 Å². The second-order valence-corrected chi connectivity index (χ2v) is 19.7. The zero-order valence-electron chi connectivity index (χ0n) is 43.2. The van der Waals surface area contributed by atoms with E-state index in [1.54, 1.807) is 0 Å². The number of allylic oxidation sites excluding steroid dienone is 2. The summed E-state index contributed by atoms with van der Waals surface area (Å²) in [7, 11) is 0. The maximum absolute atomic E-state index is 15.0. The number of hydrogen-bond donors (Lipinski definition) is 2. The number of alkyl halides is 24. The van der Waals surface area contributed by atoms with Crippen molar-refractivity contribution < 1.29 is 130 Å². The standard InChI is InChI=1S/C52H60F24O5/c1-3-5-7-8-9-10-11-12-13-14-15-16-17-18-19-21-38(79)44(28-35(78)29-77,43(80)81-36-26-33(41(49(65,66)67)50(68,69)70)25-34(27-36)42(51(71,72)73)52(74,75)76)37(20-6-4-2)30-22-31(39(45(53,54)55)46(56,57)58)24-32(23-30)40(47(59,60)61)48(62,63)64/h12-13,22-27,35,37,39-42,77-78H,3-11,14-21,28-29H2,1-2H3. The molecular weight excluding hydrogens is 1160 g/mol. The highest BCUT2D eigenvalue weighted by molar-refractivity contribution is 6.05. The fourth-order valence-corrected chi connectivity index (χ4v) is 9.64. The smallest absolute Gasteiger partial charge is 0.404 e. The van der Waals surface area contributed by atoms with Crippen LogP contribution < -0.4 is 4.74 Å². The van der Waals surface area contributed by atoms with Crippen molar-refractivity contribution in [1.82, 2.24) is 0 Å². The summed E-state index contributed by atoms with van der Waals surface area (Å²) in [5.41, 5.74) is -15.6. The van der Waals surface area contributed by atoms with Crippen molar-refractivity contribution >= 4 is 11.8 Å². The van der Waals surface area contributed by atoms with Crippen LogP contribution in [0.2, 0.25) is 0 Å². The first kappa shape index (κ1) is 72.7. The number of hydrogen-bond acceptors (Lipinski definition) is 5. The molecule has 5 nitrogen and oxygen atoms in total. The fraction of sp³-hybridized carbons (Fsp3) is 0.692. The summed E-state index contributed by atoms with van der Waals surface area (Å²) >= 11 is 0. The van der Waals surface area contributed by atoms with E-state index in [-0.39, 0.29) is 31.4 Å². The van der Waals surface area contributed by atoms with Crippen LogP contribution in [-0.2, 0) is 9.59 Å². The highest BCUT2D eigenvalue weighted by atomic mass is 19.4. The number of ether oxygens (including phenoxy) is 1. The van der Waals surface area contributed by atoms with Gasteiger partial charge in [0.1, 0.15) is 11.2 Å². The fourth-order valence-electron chi connectivity index (χ4n) is 9.64. The predicted molar refractivity (Wildman–Crippen MR) is 245 cm³/mol. The Morgan fingerprint density at radius 1 is 0.444 bits per heavy atom. The van der Waals surface area contributed by atoms with Crippen LogP contribution in [0, 0.1) is 5.41 Å². The SMILES string of the molecule is CCCCCCCCC=CCCCCCCCC(=O)C(CC(O)CO)(C(=O)Oc1cc(C(C(F)(F)F)C(F)(F)F)cc(C(C(F)(F)F)C(F)(F)F)c1)C(CCCC)c1cc(C(C(F)(F)F)C(F)(F)F)cc(C(C(F)(F)F)C(F)(F)F)c1. The highest BCUT2D eigenvalue weighted by Gasteiger charge is 2.63. The zero-order valence-corrected chi connectivity index (χ0v) is 43.2. The number of unbranched alkanes of at least 4 members (excludes halogenated alkanes) is 12. The van der Waals surface area contributed by atoms with E-state index in [9.17, 15) is 120 Å². The number of Topliss-reactive ketones (excluding diaryl/α,β-unsaturated/α-hetero) is 1. The van der Waals surface area contributed by atoms with Gasteiger partial charge in [0, 0.05) is 12.3 Å². The van der Waals surface area contributed by atoms with E-state index < -0.39 is 199 Å². The molecule has 2 rings (SSSR count). The summed E-state index contributed by atoms with van der Waals surface area (Å²) in [4.78, 5) is 30.0. The Bertz CT molecular complexity index is 2130. The van der Waals surface area contributed by atoms with Crippen LogP contribution in [0.25, 0.3) is 0 Å². The van der Waals surface area contributed by atoms with Gasteiger partial charge in [-0.2, -0.15) is 105 Å². The van der Waals surface area contributed by atoms with Crippen LogP contribution in [0.3, 0.4) is 0 Å². The van der Waals surface area contributed by atoms with Crippen molar-refractivity contribution in [3.63, 3.8) is 0 Å². The van der Waals surface area contributed by atoms with Gasteiger partial charge >= 0.3 is 55.4 Å². The van der Waals surface area contributed by atoms with E-state index in [1.165, 1.54) is 6.92 Å². The van der Waals surface area contributed by atoms with Crippen molar-refractivity contribution in [2.75, 3.05) is 6.61 Å². The van der Waals surface area contributed by atoms with E-state index in [0.29, 0.717) is 19.3 Å². The molecular formula is C52H60F24O5. The van der Waals surface area contributed by atoms with E-state index in [1.807, 2.05) is 12.2 Å². The summed E-state index contributed by atoms with van der Waals surface area (Å²) in [6, 6.07) is -3.53. The predicted octanol–water partition coefficient (Wildman–Crippen LogP) is 18.7. The van der Waals surface area contributed by atoms with Gasteiger partial charge in [-0.15, -0.1) is 0 Å². The number of carbonyl (C=O) groups is 2. The van der Waals surface area contributed by atoms with Crippen molar-refractivity contribution in [3.05, 3.63) is 76.4 Å². The number of ketones is 1. The Balaban J connectivity index is 3.21. The number of esters is 1. The molecule has 2 aromatic rings. The topological polar surface area (TPSA) is 83.8 Å². The van der Waals surface area contributed by atoms with Gasteiger partial charge in [-0.1, -0.05) is 114 Å². The molecule has 0 saturated carbocycles. The van der Waals surface area contributed by atoms with Crippen LogP contribution in [0.4, 0.5) is 105 Å². The molecule has 0 bridgehead atoms. The molecule has 0 aliphatic rings. The number of rotatable bonds is 30. The monoisotopic (exact) mass is 1220 g/mol. The summed E-state index contributed by atoms with van der Waals surface area (Å²) in [5, 5.41) is 21.0. The van der Waals surface area contributed by atoms with E-state index in [4.69, 9.17) is 4.74 Å². The molecule has 2 N–H and O–H groups in total. The minimum atomic E-state index is -6.65. The van der Waals surface area contributed by atoms with Crippen LogP contribution in [0.15, 0.2) is 48.6 Å². The third-order valence-electron chi connectivity index (χ3n) is 13.3. The van der Waals surface area contributed by atoms with E-state index in [2.05, 4.69) is 6.92 Å². The molecule has 0 amide bonds. The second-order valence-electron chi connectivity index (χ2n) is 19.7. The van der Waals surface area contributed by atoms with Gasteiger partial charge in [0.2, 0.25) is 0 Å². The lowest BCUT2D eigenvalue weighted by atomic mass is 9.62. The van der Waals surface area contributed by atoms with Gasteiger partial charge in [0.25, 0.3) is 0 Å². The number of aliphatic hydroxyl groups excluding tert-OH is 2. The molecule has 29 heteroatoms. The molecule has 466 valence electrons. The molecule has 2 aromatic carbocycles. The molecule has 0 heterocycles. The summed E-state index contributed by atoms with van der Waals surface area (Å²) in [6.45, 7) is 1.60. The minimum Gasteiger partial charge on any atom is -0.426 e. The molecule has 0 radical (unpaired) electrons. The third-order valence-corrected chi connectivity index (χ3v) is 13.3. The Morgan fingerprint density at radius 3 is 1.09 bits per heavy atom. The van der Waals surface area contributed by atoms with Gasteiger partial charge in [0.15, 0.2) is 29.5 Å². The molecule has 0 aromatic heterocycles. The average molecular weight is 1220 g/mol. The Labute approximate surface area is 449 Å². The first-order valence-corrected chi connectivity index (χ1v) is 25.4. The zero-order chi connectivity index (χ0) is 62.4. The maximum atomic E-state index is 15.0. The first-order chi connectivity index (χ1) is 36.9. The molecule has 81 heavy (non-hydrogen) atoms. The van der Waals surface area contributed by atoms with Crippen LogP contribution in [0.1, 0.15) is 187 Å². The van der Waals surface area contributed by atoms with Gasteiger partial charge in [-0.25, -0.2) is 0 Å². The summed E-state index contributed by atoms with van der Waals surface area (Å²) < 4.78 is 347. The molecule has 3 unspecified atom stereocenters. The average Bonchev–Trinajstić information content (AvgIpc) is 3.34. The minimum absolute atomic E-state index is 0.0597. The van der Waals surface area contributed by atoms with Gasteiger partial charge in [-0.3, -0.25) is 9.59 Å². The molecule has 0 aliphatic heterocycles. The third kappa shape index (κ3) is 21.6. The lowest BCUT2D eigenvalue weighted by molar-refractivity contribution is -0.257. The van der Waals surface area contributed by atoms with Crippen LogP contribution >= 0.6 is 0 Å². The Hall–Kier alpha value is -4.44. The maximum Gasteiger partial charge on any atom is 0.404 e. The largest absolute Gasteiger partial charge is 0.426 e. The van der Waals surface area contributed by atoms with Crippen LogP contribution in [0.5, 0.6) is 5.75 Å². The van der Waals surface area contributed by atoms with Crippen molar-refractivity contribution in [3.8, 4) is 5.75 Å². The number of benzene rings is 2. The molecule has 3 atom stereocenters. The van der Waals surface area contributed by atoms with Crippen molar-refractivity contribution in [1.29, 1.82) is 0 Å². The number of halogens is 24. The summed E-state index contributed by atoms with van der Waals surface area (Å²) in [6.07, 6.45) is -48.9. The van der Waals surface area contributed by atoms with Gasteiger partial charge < -0.3 is 14.9 Å². The lowest BCUT2D eigenvalue weighted by Crippen LogP contribution is -2.50.